The van der Waals surface area contributed by atoms with Crippen molar-refractivity contribution in [3.05, 3.63) is 34.9 Å². The van der Waals surface area contributed by atoms with Crippen LogP contribution in [0.5, 0.6) is 0 Å². The molecule has 0 saturated carbocycles. The molecule has 0 aliphatic carbocycles. The molecule has 1 N–H and O–H groups in total. The summed E-state index contributed by atoms with van der Waals surface area (Å²) < 4.78 is 0. The SMILES string of the molecule is CN1C[C@H]2C[C@@H](C1)[C@H](CNC(=O)c1cccc(Cl)c1)N1C(=O)CCC[C@@H]21. The first-order valence-electron chi connectivity index (χ1n) is 9.56. The van der Waals surface area contributed by atoms with Crippen LogP contribution in [0, 0.1) is 11.8 Å². The molecule has 5 nitrogen and oxygen atoms in total. The highest BCUT2D eigenvalue weighted by Gasteiger charge is 2.48. The Balaban J connectivity index is 1.51. The summed E-state index contributed by atoms with van der Waals surface area (Å²) in [4.78, 5) is 29.8. The molecule has 0 aromatic heterocycles. The van der Waals surface area contributed by atoms with Crippen LogP contribution in [-0.2, 0) is 4.79 Å². The van der Waals surface area contributed by atoms with Crippen molar-refractivity contribution in [2.75, 3.05) is 26.7 Å². The van der Waals surface area contributed by atoms with Gasteiger partial charge in [0.2, 0.25) is 5.91 Å². The largest absolute Gasteiger partial charge is 0.350 e. The first-order chi connectivity index (χ1) is 12.5. The number of halogens is 1. The monoisotopic (exact) mass is 375 g/mol. The highest BCUT2D eigenvalue weighted by molar-refractivity contribution is 6.30. The second kappa shape index (κ2) is 7.20. The van der Waals surface area contributed by atoms with Gasteiger partial charge in [-0.1, -0.05) is 17.7 Å². The van der Waals surface area contributed by atoms with Gasteiger partial charge in [0, 0.05) is 42.7 Å². The summed E-state index contributed by atoms with van der Waals surface area (Å²) >= 11 is 5.99. The lowest BCUT2D eigenvalue weighted by molar-refractivity contribution is -0.151. The number of benzene rings is 1. The van der Waals surface area contributed by atoms with Gasteiger partial charge in [-0.15, -0.1) is 0 Å². The Morgan fingerprint density at radius 1 is 1.31 bits per heavy atom. The molecule has 3 aliphatic heterocycles. The molecule has 26 heavy (non-hydrogen) atoms. The van der Waals surface area contributed by atoms with Gasteiger partial charge >= 0.3 is 0 Å². The fraction of sp³-hybridized carbons (Fsp3) is 0.600. The Hall–Kier alpha value is -1.59. The number of hydrogen-bond acceptors (Lipinski definition) is 3. The van der Waals surface area contributed by atoms with Crippen LogP contribution in [0.2, 0.25) is 5.02 Å². The minimum atomic E-state index is -0.125. The number of piperidine rings is 3. The maximum atomic E-state index is 12.7. The third kappa shape index (κ3) is 3.35. The molecule has 3 aliphatic rings. The number of amides is 2. The fourth-order valence-electron chi connectivity index (χ4n) is 5.20. The van der Waals surface area contributed by atoms with E-state index in [0.29, 0.717) is 41.4 Å². The average Bonchev–Trinajstić information content (AvgIpc) is 2.61. The van der Waals surface area contributed by atoms with Gasteiger partial charge < -0.3 is 15.1 Å². The Morgan fingerprint density at radius 3 is 2.92 bits per heavy atom. The van der Waals surface area contributed by atoms with Crippen LogP contribution < -0.4 is 5.32 Å². The quantitative estimate of drug-likeness (QED) is 0.882. The molecule has 1 aromatic carbocycles. The number of likely N-dealkylation sites (tertiary alicyclic amines) is 1. The molecule has 4 rings (SSSR count). The molecule has 0 spiro atoms. The van der Waals surface area contributed by atoms with Crippen LogP contribution in [0.4, 0.5) is 0 Å². The maximum absolute atomic E-state index is 12.7. The van der Waals surface area contributed by atoms with Crippen molar-refractivity contribution in [1.29, 1.82) is 0 Å². The Kier molecular flexibility index (Phi) is 4.93. The number of nitrogens with zero attached hydrogens (tertiary/aromatic N) is 2. The molecule has 0 radical (unpaired) electrons. The van der Waals surface area contributed by atoms with Crippen LogP contribution in [-0.4, -0.2) is 60.4 Å². The molecule has 0 unspecified atom stereocenters. The van der Waals surface area contributed by atoms with Gasteiger partial charge in [-0.05, 0) is 56.3 Å². The molecule has 1 aromatic rings. The van der Waals surface area contributed by atoms with E-state index in [1.54, 1.807) is 24.3 Å². The molecular formula is C20H26ClN3O2. The van der Waals surface area contributed by atoms with E-state index < -0.39 is 0 Å². The van der Waals surface area contributed by atoms with Crippen molar-refractivity contribution in [3.8, 4) is 0 Å². The number of fused-ring (bicyclic) bond motifs is 4. The summed E-state index contributed by atoms with van der Waals surface area (Å²) in [5.41, 5.74) is 0.563. The molecule has 3 saturated heterocycles. The molecule has 2 amide bonds. The molecule has 2 bridgehead atoms. The van der Waals surface area contributed by atoms with Crippen molar-refractivity contribution in [3.63, 3.8) is 0 Å². The number of carbonyl (C=O) groups is 2. The highest BCUT2D eigenvalue weighted by Crippen LogP contribution is 2.41. The normalized spacial score (nSPS) is 31.5. The third-order valence-electron chi connectivity index (χ3n) is 6.24. The molecular weight excluding hydrogens is 350 g/mol. The van der Waals surface area contributed by atoms with Crippen molar-refractivity contribution in [2.24, 2.45) is 11.8 Å². The van der Waals surface area contributed by atoms with Gasteiger partial charge in [0.1, 0.15) is 0 Å². The zero-order valence-corrected chi connectivity index (χ0v) is 15.9. The average molecular weight is 376 g/mol. The molecule has 140 valence electrons. The molecule has 3 fully saturated rings. The smallest absolute Gasteiger partial charge is 0.251 e. The molecule has 3 heterocycles. The van der Waals surface area contributed by atoms with E-state index in [9.17, 15) is 9.59 Å². The minimum Gasteiger partial charge on any atom is -0.350 e. The van der Waals surface area contributed by atoms with E-state index in [1.165, 1.54) is 0 Å². The van der Waals surface area contributed by atoms with Gasteiger partial charge in [0.25, 0.3) is 5.91 Å². The summed E-state index contributed by atoms with van der Waals surface area (Å²) in [6, 6.07) is 7.41. The van der Waals surface area contributed by atoms with E-state index in [4.69, 9.17) is 11.6 Å². The number of carbonyl (C=O) groups excluding carboxylic acids is 2. The Morgan fingerprint density at radius 2 is 2.12 bits per heavy atom. The molecule has 4 atom stereocenters. The van der Waals surface area contributed by atoms with Gasteiger partial charge in [0.05, 0.1) is 6.04 Å². The first-order valence-corrected chi connectivity index (χ1v) is 9.94. The van der Waals surface area contributed by atoms with E-state index in [2.05, 4.69) is 22.2 Å². The molecule has 6 heteroatoms. The van der Waals surface area contributed by atoms with Crippen LogP contribution in [0.15, 0.2) is 24.3 Å². The van der Waals surface area contributed by atoms with E-state index >= 15 is 0 Å². The minimum absolute atomic E-state index is 0.0925. The zero-order chi connectivity index (χ0) is 18.3. The van der Waals surface area contributed by atoms with Crippen LogP contribution >= 0.6 is 11.6 Å². The van der Waals surface area contributed by atoms with E-state index in [-0.39, 0.29) is 17.9 Å². The van der Waals surface area contributed by atoms with Gasteiger partial charge in [-0.2, -0.15) is 0 Å². The summed E-state index contributed by atoms with van der Waals surface area (Å²) in [5.74, 6) is 1.14. The Labute approximate surface area is 159 Å². The standard InChI is InChI=1S/C20H26ClN3O2/c1-23-11-14-8-15(12-23)18(24-17(14)6-3-7-19(24)25)10-22-20(26)13-4-2-5-16(21)9-13/h2,4-5,9,14-15,17-18H,3,6-8,10-12H2,1H3,(H,22,26)/t14-,15+,17+,18+/m1/s1. The predicted molar refractivity (Wildman–Crippen MR) is 101 cm³/mol. The maximum Gasteiger partial charge on any atom is 0.251 e. The first kappa shape index (κ1) is 17.8. The fourth-order valence-corrected chi connectivity index (χ4v) is 5.39. The zero-order valence-electron chi connectivity index (χ0n) is 15.2. The van der Waals surface area contributed by atoms with Gasteiger partial charge in [0.15, 0.2) is 0 Å². The summed E-state index contributed by atoms with van der Waals surface area (Å²) in [7, 11) is 2.17. The summed E-state index contributed by atoms with van der Waals surface area (Å²) in [5, 5.41) is 3.61. The van der Waals surface area contributed by atoms with Crippen LogP contribution in [0.1, 0.15) is 36.0 Å². The number of hydrogen-bond donors (Lipinski definition) is 1. The predicted octanol–water partition coefficient (Wildman–Crippen LogP) is 2.40. The summed E-state index contributed by atoms with van der Waals surface area (Å²) in [6.45, 7) is 2.58. The Bertz CT molecular complexity index is 710. The van der Waals surface area contributed by atoms with Gasteiger partial charge in [-0.3, -0.25) is 9.59 Å². The van der Waals surface area contributed by atoms with Crippen LogP contribution in [0.25, 0.3) is 0 Å². The number of nitrogens with one attached hydrogen (secondary N) is 1. The highest BCUT2D eigenvalue weighted by atomic mass is 35.5. The van der Waals surface area contributed by atoms with E-state index in [1.807, 2.05) is 0 Å². The lowest BCUT2D eigenvalue weighted by atomic mass is 9.72. The number of rotatable bonds is 3. The second-order valence-corrected chi connectivity index (χ2v) is 8.46. The lowest BCUT2D eigenvalue weighted by Crippen LogP contribution is -2.66. The third-order valence-corrected chi connectivity index (χ3v) is 6.47. The van der Waals surface area contributed by atoms with Crippen molar-refractivity contribution in [1.82, 2.24) is 15.1 Å². The topological polar surface area (TPSA) is 52.7 Å². The lowest BCUT2D eigenvalue weighted by Gasteiger charge is -2.56. The summed E-state index contributed by atoms with van der Waals surface area (Å²) in [6.07, 6.45) is 3.89. The van der Waals surface area contributed by atoms with Crippen molar-refractivity contribution < 1.29 is 9.59 Å². The van der Waals surface area contributed by atoms with E-state index in [0.717, 1.165) is 32.4 Å². The van der Waals surface area contributed by atoms with Crippen LogP contribution in [0.3, 0.4) is 0 Å². The van der Waals surface area contributed by atoms with Crippen molar-refractivity contribution in [2.45, 2.75) is 37.8 Å². The van der Waals surface area contributed by atoms with Gasteiger partial charge in [-0.25, -0.2) is 0 Å². The second-order valence-electron chi connectivity index (χ2n) is 8.03. The van der Waals surface area contributed by atoms with Crippen molar-refractivity contribution >= 4 is 23.4 Å².